The van der Waals surface area contributed by atoms with Crippen LogP contribution in [0, 0.1) is 0 Å². The van der Waals surface area contributed by atoms with Gasteiger partial charge in [-0.15, -0.1) is 0 Å². The van der Waals surface area contributed by atoms with Crippen LogP contribution in [0.3, 0.4) is 0 Å². The van der Waals surface area contributed by atoms with Crippen LogP contribution >= 0.6 is 11.8 Å². The number of ether oxygens (including phenoxy) is 1. The van der Waals surface area contributed by atoms with Crippen LogP contribution in [0.15, 0.2) is 36.5 Å². The number of thioether (sulfide) groups is 1. The third kappa shape index (κ3) is 3.82. The molecule has 6 heteroatoms. The zero-order chi connectivity index (χ0) is 16.9. The monoisotopic (exact) mass is 345 g/mol. The number of carbonyl (C=O) groups is 1. The molecule has 1 aromatic heterocycles. The molecule has 0 radical (unpaired) electrons. The summed E-state index contributed by atoms with van der Waals surface area (Å²) in [5, 5.41) is 4.49. The summed E-state index contributed by atoms with van der Waals surface area (Å²) in [6.07, 6.45) is 3.14. The summed E-state index contributed by atoms with van der Waals surface area (Å²) >= 11 is 1.99. The summed E-state index contributed by atoms with van der Waals surface area (Å²) in [4.78, 5) is 14.6. The van der Waals surface area contributed by atoms with Gasteiger partial charge < -0.3 is 4.74 Å². The Balaban J connectivity index is 1.87. The van der Waals surface area contributed by atoms with Gasteiger partial charge in [-0.2, -0.15) is 16.9 Å². The third-order valence-electron chi connectivity index (χ3n) is 4.23. The molecule has 1 fully saturated rings. The normalized spacial score (nSPS) is 17.4. The first-order valence-corrected chi connectivity index (χ1v) is 9.43. The lowest BCUT2D eigenvalue weighted by Crippen LogP contribution is -2.31. The molecule has 0 aliphatic carbocycles. The van der Waals surface area contributed by atoms with Crippen molar-refractivity contribution in [3.05, 3.63) is 47.8 Å². The van der Waals surface area contributed by atoms with E-state index >= 15 is 0 Å². The van der Waals surface area contributed by atoms with Gasteiger partial charge in [0.25, 0.3) is 0 Å². The van der Waals surface area contributed by atoms with Crippen LogP contribution in [0.4, 0.5) is 0 Å². The van der Waals surface area contributed by atoms with E-state index in [1.807, 2.05) is 55.2 Å². The van der Waals surface area contributed by atoms with E-state index in [2.05, 4.69) is 17.0 Å². The predicted octanol–water partition coefficient (Wildman–Crippen LogP) is 2.99. The van der Waals surface area contributed by atoms with E-state index < -0.39 is 0 Å². The number of rotatable bonds is 6. The van der Waals surface area contributed by atoms with Crippen molar-refractivity contribution < 1.29 is 9.53 Å². The first-order chi connectivity index (χ1) is 11.7. The summed E-state index contributed by atoms with van der Waals surface area (Å²) in [6, 6.07) is 10.4. The number of carbonyl (C=O) groups excluding carboxylic acids is 1. The molecule has 24 heavy (non-hydrogen) atoms. The van der Waals surface area contributed by atoms with E-state index in [9.17, 15) is 4.79 Å². The largest absolute Gasteiger partial charge is 0.461 e. The second-order valence-electron chi connectivity index (χ2n) is 5.94. The van der Waals surface area contributed by atoms with Crippen molar-refractivity contribution in [2.45, 2.75) is 25.9 Å². The maximum atomic E-state index is 12.3. The van der Waals surface area contributed by atoms with E-state index in [-0.39, 0.29) is 5.97 Å². The molecular weight excluding hydrogens is 322 g/mol. The van der Waals surface area contributed by atoms with Crippen molar-refractivity contribution in [2.75, 3.05) is 25.2 Å². The maximum absolute atomic E-state index is 12.3. The number of nitrogens with zero attached hydrogens (tertiary/aromatic N) is 3. The van der Waals surface area contributed by atoms with Gasteiger partial charge in [0, 0.05) is 30.1 Å². The summed E-state index contributed by atoms with van der Waals surface area (Å²) in [5.74, 6) is 2.01. The number of benzene rings is 1. The van der Waals surface area contributed by atoms with Crippen molar-refractivity contribution in [3.63, 3.8) is 0 Å². The Morgan fingerprint density at radius 2 is 2.21 bits per heavy atom. The molecule has 1 atom stereocenters. The molecular formula is C18H23N3O2S. The van der Waals surface area contributed by atoms with Gasteiger partial charge in [-0.05, 0) is 38.3 Å². The van der Waals surface area contributed by atoms with E-state index in [0.717, 1.165) is 17.0 Å². The highest BCUT2D eigenvalue weighted by atomic mass is 32.2. The average molecular weight is 345 g/mol. The summed E-state index contributed by atoms with van der Waals surface area (Å²) in [6.45, 7) is 2.87. The molecule has 0 spiro atoms. The molecule has 1 aromatic carbocycles. The summed E-state index contributed by atoms with van der Waals surface area (Å²) in [7, 11) is 2.12. The molecule has 1 saturated heterocycles. The number of para-hydroxylation sites is 1. The molecule has 2 heterocycles. The smallest absolute Gasteiger partial charge is 0.359 e. The van der Waals surface area contributed by atoms with Crippen molar-refractivity contribution >= 4 is 17.7 Å². The summed E-state index contributed by atoms with van der Waals surface area (Å²) < 4.78 is 6.95. The second kappa shape index (κ2) is 7.85. The highest BCUT2D eigenvalue weighted by molar-refractivity contribution is 7.99. The van der Waals surface area contributed by atoms with Gasteiger partial charge in [0.05, 0.1) is 12.3 Å². The van der Waals surface area contributed by atoms with E-state index in [4.69, 9.17) is 4.74 Å². The summed E-state index contributed by atoms with van der Waals surface area (Å²) in [5.41, 5.74) is 2.27. The standard InChI is InChI=1S/C18H23N3O2S/c1-3-23-18(22)17-14(11-20(2)16-9-10-24-13-16)12-21(19-17)15-7-5-4-6-8-15/h4-8,12,16H,3,9-11,13H2,1-2H3. The fourth-order valence-corrected chi connectivity index (χ4v) is 4.18. The molecule has 2 aromatic rings. The van der Waals surface area contributed by atoms with Gasteiger partial charge in [-0.1, -0.05) is 18.2 Å². The Labute approximate surface area is 147 Å². The zero-order valence-electron chi connectivity index (χ0n) is 14.1. The minimum absolute atomic E-state index is 0.351. The minimum Gasteiger partial charge on any atom is -0.461 e. The third-order valence-corrected chi connectivity index (χ3v) is 5.37. The topological polar surface area (TPSA) is 47.4 Å². The Morgan fingerprint density at radius 1 is 1.42 bits per heavy atom. The molecule has 1 unspecified atom stereocenters. The number of hydrogen-bond donors (Lipinski definition) is 0. The lowest BCUT2D eigenvalue weighted by Gasteiger charge is -2.22. The lowest BCUT2D eigenvalue weighted by atomic mass is 10.2. The Bertz CT molecular complexity index is 681. The quantitative estimate of drug-likeness (QED) is 0.753. The van der Waals surface area contributed by atoms with Crippen LogP contribution in [0.25, 0.3) is 5.69 Å². The minimum atomic E-state index is -0.351. The zero-order valence-corrected chi connectivity index (χ0v) is 15.0. The van der Waals surface area contributed by atoms with E-state index in [0.29, 0.717) is 24.9 Å². The van der Waals surface area contributed by atoms with Crippen LogP contribution in [-0.2, 0) is 11.3 Å². The molecule has 1 aliphatic rings. The van der Waals surface area contributed by atoms with Gasteiger partial charge in [-0.25, -0.2) is 9.48 Å². The molecule has 0 amide bonds. The molecule has 1 aliphatic heterocycles. The van der Waals surface area contributed by atoms with Crippen molar-refractivity contribution in [1.29, 1.82) is 0 Å². The molecule has 0 bridgehead atoms. The van der Waals surface area contributed by atoms with E-state index in [1.165, 1.54) is 12.2 Å². The SMILES string of the molecule is CCOC(=O)c1nn(-c2ccccc2)cc1CN(C)C1CCSC1. The highest BCUT2D eigenvalue weighted by Gasteiger charge is 2.24. The van der Waals surface area contributed by atoms with Crippen molar-refractivity contribution in [1.82, 2.24) is 14.7 Å². The Morgan fingerprint density at radius 3 is 2.88 bits per heavy atom. The molecule has 0 N–H and O–H groups in total. The first-order valence-electron chi connectivity index (χ1n) is 8.28. The van der Waals surface area contributed by atoms with Gasteiger partial charge >= 0.3 is 5.97 Å². The fourth-order valence-electron chi connectivity index (χ4n) is 2.88. The van der Waals surface area contributed by atoms with Crippen LogP contribution in [0.2, 0.25) is 0 Å². The van der Waals surface area contributed by atoms with Gasteiger partial charge in [0.2, 0.25) is 0 Å². The molecule has 128 valence electrons. The average Bonchev–Trinajstić information content (AvgIpc) is 3.26. The Kier molecular flexibility index (Phi) is 5.58. The van der Waals surface area contributed by atoms with Crippen molar-refractivity contribution in [3.8, 4) is 5.69 Å². The molecule has 5 nitrogen and oxygen atoms in total. The van der Waals surface area contributed by atoms with Crippen LogP contribution < -0.4 is 0 Å². The Hall–Kier alpha value is -1.79. The lowest BCUT2D eigenvalue weighted by molar-refractivity contribution is 0.0516. The van der Waals surface area contributed by atoms with Gasteiger partial charge in [-0.3, -0.25) is 4.90 Å². The number of esters is 1. The second-order valence-corrected chi connectivity index (χ2v) is 7.09. The van der Waals surface area contributed by atoms with Gasteiger partial charge in [0.1, 0.15) is 0 Å². The number of hydrogen-bond acceptors (Lipinski definition) is 5. The predicted molar refractivity (Wildman–Crippen MR) is 96.7 cm³/mol. The van der Waals surface area contributed by atoms with E-state index in [1.54, 1.807) is 4.68 Å². The maximum Gasteiger partial charge on any atom is 0.359 e. The van der Waals surface area contributed by atoms with Crippen LogP contribution in [-0.4, -0.2) is 51.9 Å². The molecule has 0 saturated carbocycles. The first kappa shape index (κ1) is 17.0. The number of aromatic nitrogens is 2. The van der Waals surface area contributed by atoms with Crippen LogP contribution in [0.5, 0.6) is 0 Å². The fraction of sp³-hybridized carbons (Fsp3) is 0.444. The highest BCUT2D eigenvalue weighted by Crippen LogP contribution is 2.24. The van der Waals surface area contributed by atoms with Gasteiger partial charge in [0.15, 0.2) is 5.69 Å². The van der Waals surface area contributed by atoms with Crippen molar-refractivity contribution in [2.24, 2.45) is 0 Å². The molecule has 3 rings (SSSR count). The van der Waals surface area contributed by atoms with Crippen LogP contribution in [0.1, 0.15) is 29.4 Å².